The maximum Gasteiger partial charge on any atom is 0.123 e. The molecule has 1 nitrogen and oxygen atoms in total. The van der Waals surface area contributed by atoms with Crippen LogP contribution < -0.4 is 5.32 Å². The molecule has 0 aliphatic carbocycles. The van der Waals surface area contributed by atoms with Crippen molar-refractivity contribution in [2.75, 3.05) is 7.05 Å². The van der Waals surface area contributed by atoms with Crippen LogP contribution in [0.5, 0.6) is 0 Å². The lowest BCUT2D eigenvalue weighted by Gasteiger charge is -2.30. The maximum atomic E-state index is 13.0. The highest BCUT2D eigenvalue weighted by molar-refractivity contribution is 6.30. The molecular weight excluding hydrogens is 249 g/mol. The molecule has 0 saturated heterocycles. The second-order valence-corrected chi connectivity index (χ2v) is 4.83. The largest absolute Gasteiger partial charge is 0.307 e. The molecule has 0 heterocycles. The Hall–Kier alpha value is -1.38. The van der Waals surface area contributed by atoms with Crippen molar-refractivity contribution in [3.63, 3.8) is 0 Å². The van der Waals surface area contributed by atoms with E-state index < -0.39 is 0 Å². The summed E-state index contributed by atoms with van der Waals surface area (Å²) in [7, 11) is 1.89. The molecule has 2 aromatic rings. The number of nitrogens with one attached hydrogen (secondary N) is 1. The molecule has 2 aromatic carbocycles. The molecule has 0 spiro atoms. The van der Waals surface area contributed by atoms with Gasteiger partial charge in [0, 0.05) is 5.02 Å². The summed E-state index contributed by atoms with van der Waals surface area (Å²) >= 11 is 5.90. The molecule has 0 saturated carbocycles. The summed E-state index contributed by atoms with van der Waals surface area (Å²) < 4.78 is 13.0. The Morgan fingerprint density at radius 1 is 0.944 bits per heavy atom. The zero-order valence-electron chi connectivity index (χ0n) is 10.4. The summed E-state index contributed by atoms with van der Waals surface area (Å²) in [5.74, 6) is -0.228. The third-order valence-corrected chi connectivity index (χ3v) is 3.60. The van der Waals surface area contributed by atoms with Crippen molar-refractivity contribution >= 4 is 11.6 Å². The predicted octanol–water partition coefficient (Wildman–Crippen LogP) is 3.96. The molecule has 0 radical (unpaired) electrons. The van der Waals surface area contributed by atoms with Crippen LogP contribution in [0.1, 0.15) is 18.1 Å². The van der Waals surface area contributed by atoms with Crippen LogP contribution in [0.2, 0.25) is 5.02 Å². The van der Waals surface area contributed by atoms with Gasteiger partial charge in [-0.2, -0.15) is 0 Å². The number of halogens is 2. The molecule has 94 valence electrons. The average Bonchev–Trinajstić information content (AvgIpc) is 2.39. The van der Waals surface area contributed by atoms with Crippen molar-refractivity contribution in [3.05, 3.63) is 70.5 Å². The summed E-state index contributed by atoms with van der Waals surface area (Å²) in [5, 5.41) is 3.99. The number of hydrogen-bond acceptors (Lipinski definition) is 1. The molecule has 1 unspecified atom stereocenters. The summed E-state index contributed by atoms with van der Waals surface area (Å²) in [6.07, 6.45) is 0. The third-order valence-electron chi connectivity index (χ3n) is 3.34. The lowest BCUT2D eigenvalue weighted by atomic mass is 9.85. The lowest BCUT2D eigenvalue weighted by molar-refractivity contribution is 0.483. The summed E-state index contributed by atoms with van der Waals surface area (Å²) in [5.41, 5.74) is 1.73. The second kappa shape index (κ2) is 5.09. The Kier molecular flexibility index (Phi) is 3.69. The van der Waals surface area contributed by atoms with Gasteiger partial charge in [0.05, 0.1) is 5.54 Å². The Bertz CT molecular complexity index is 474. The molecule has 1 N–H and O–H groups in total. The normalized spacial score (nSPS) is 14.2. The van der Waals surface area contributed by atoms with Gasteiger partial charge in [0.2, 0.25) is 0 Å². The number of benzene rings is 2. The van der Waals surface area contributed by atoms with Crippen molar-refractivity contribution in [1.29, 1.82) is 0 Å². The first-order valence-corrected chi connectivity index (χ1v) is 6.15. The Balaban J connectivity index is 2.47. The van der Waals surface area contributed by atoms with Crippen LogP contribution in [0.15, 0.2) is 48.5 Å². The van der Waals surface area contributed by atoms with Crippen LogP contribution in [-0.2, 0) is 5.54 Å². The van der Waals surface area contributed by atoms with E-state index in [9.17, 15) is 4.39 Å². The van der Waals surface area contributed by atoms with Gasteiger partial charge < -0.3 is 5.32 Å². The van der Waals surface area contributed by atoms with Crippen molar-refractivity contribution in [3.8, 4) is 0 Å². The highest BCUT2D eigenvalue weighted by Crippen LogP contribution is 2.29. The zero-order chi connectivity index (χ0) is 13.2. The van der Waals surface area contributed by atoms with Gasteiger partial charge in [-0.3, -0.25) is 0 Å². The summed E-state index contributed by atoms with van der Waals surface area (Å²) in [6.45, 7) is 2.06. The van der Waals surface area contributed by atoms with Crippen LogP contribution in [0.4, 0.5) is 4.39 Å². The van der Waals surface area contributed by atoms with Crippen LogP contribution in [0, 0.1) is 5.82 Å². The van der Waals surface area contributed by atoms with Gasteiger partial charge in [-0.05, 0) is 49.4 Å². The lowest BCUT2D eigenvalue weighted by Crippen LogP contribution is -2.37. The molecular formula is C15H15ClFN. The summed E-state index contributed by atoms with van der Waals surface area (Å²) in [6, 6.07) is 14.2. The zero-order valence-corrected chi connectivity index (χ0v) is 11.1. The van der Waals surface area contributed by atoms with E-state index in [4.69, 9.17) is 11.6 Å². The first-order chi connectivity index (χ1) is 8.56. The minimum absolute atomic E-state index is 0.228. The van der Waals surface area contributed by atoms with Crippen LogP contribution in [0.25, 0.3) is 0 Å². The SMILES string of the molecule is CNC(C)(c1ccc(F)cc1)c1ccc(Cl)cc1. The number of hydrogen-bond donors (Lipinski definition) is 1. The topological polar surface area (TPSA) is 12.0 Å². The van der Waals surface area contributed by atoms with Gasteiger partial charge >= 0.3 is 0 Å². The summed E-state index contributed by atoms with van der Waals surface area (Å²) in [4.78, 5) is 0. The fourth-order valence-corrected chi connectivity index (χ4v) is 2.15. The van der Waals surface area contributed by atoms with E-state index in [-0.39, 0.29) is 11.4 Å². The van der Waals surface area contributed by atoms with Crippen molar-refractivity contribution < 1.29 is 4.39 Å². The fraction of sp³-hybridized carbons (Fsp3) is 0.200. The van der Waals surface area contributed by atoms with E-state index in [1.54, 1.807) is 12.1 Å². The minimum Gasteiger partial charge on any atom is -0.307 e. The first kappa shape index (κ1) is 13.1. The van der Waals surface area contributed by atoms with E-state index in [1.165, 1.54) is 12.1 Å². The minimum atomic E-state index is -0.363. The quantitative estimate of drug-likeness (QED) is 0.884. The Labute approximate surface area is 112 Å². The van der Waals surface area contributed by atoms with Crippen molar-refractivity contribution in [1.82, 2.24) is 5.32 Å². The Morgan fingerprint density at radius 2 is 1.39 bits per heavy atom. The molecule has 0 aliphatic rings. The van der Waals surface area contributed by atoms with Gasteiger partial charge in [-0.15, -0.1) is 0 Å². The second-order valence-electron chi connectivity index (χ2n) is 4.39. The van der Waals surface area contributed by atoms with Gasteiger partial charge in [-0.25, -0.2) is 4.39 Å². The molecule has 0 bridgehead atoms. The van der Waals surface area contributed by atoms with Gasteiger partial charge in [0.1, 0.15) is 5.82 Å². The van der Waals surface area contributed by atoms with Crippen molar-refractivity contribution in [2.45, 2.75) is 12.5 Å². The van der Waals surface area contributed by atoms with E-state index >= 15 is 0 Å². The molecule has 18 heavy (non-hydrogen) atoms. The maximum absolute atomic E-state index is 13.0. The van der Waals surface area contributed by atoms with Crippen LogP contribution >= 0.6 is 11.6 Å². The van der Waals surface area contributed by atoms with E-state index in [0.717, 1.165) is 11.1 Å². The van der Waals surface area contributed by atoms with Gasteiger partial charge in [0.15, 0.2) is 0 Å². The molecule has 0 fully saturated rings. The van der Waals surface area contributed by atoms with Gasteiger partial charge in [0.25, 0.3) is 0 Å². The van der Waals surface area contributed by atoms with Crippen molar-refractivity contribution in [2.24, 2.45) is 0 Å². The number of rotatable bonds is 3. The molecule has 1 atom stereocenters. The highest BCUT2D eigenvalue weighted by Gasteiger charge is 2.26. The molecule has 0 amide bonds. The van der Waals surface area contributed by atoms with E-state index in [0.29, 0.717) is 5.02 Å². The fourth-order valence-electron chi connectivity index (χ4n) is 2.02. The van der Waals surface area contributed by atoms with E-state index in [2.05, 4.69) is 12.2 Å². The Morgan fingerprint density at radius 3 is 1.83 bits per heavy atom. The third kappa shape index (κ3) is 2.40. The standard InChI is InChI=1S/C15H15ClFN/c1-15(18-2,11-3-7-13(16)8-4-11)12-5-9-14(17)10-6-12/h3-10,18H,1-2H3. The molecule has 0 aliphatic heterocycles. The predicted molar refractivity (Wildman–Crippen MR) is 73.4 cm³/mol. The van der Waals surface area contributed by atoms with Crippen LogP contribution in [-0.4, -0.2) is 7.05 Å². The van der Waals surface area contributed by atoms with Gasteiger partial charge in [-0.1, -0.05) is 35.9 Å². The smallest absolute Gasteiger partial charge is 0.123 e. The average molecular weight is 264 g/mol. The molecule has 0 aromatic heterocycles. The van der Waals surface area contributed by atoms with E-state index in [1.807, 2.05) is 31.3 Å². The highest BCUT2D eigenvalue weighted by atomic mass is 35.5. The monoisotopic (exact) mass is 263 g/mol. The first-order valence-electron chi connectivity index (χ1n) is 5.77. The molecule has 2 rings (SSSR count). The van der Waals surface area contributed by atoms with Crippen LogP contribution in [0.3, 0.4) is 0 Å². The molecule has 3 heteroatoms.